The van der Waals surface area contributed by atoms with Crippen molar-refractivity contribution in [2.24, 2.45) is 0 Å². The Morgan fingerprint density at radius 1 is 1.11 bits per heavy atom. The van der Waals surface area contributed by atoms with Crippen molar-refractivity contribution >= 4 is 5.95 Å². The maximum Gasteiger partial charge on any atom is 0.243 e. The second-order valence-electron chi connectivity index (χ2n) is 6.57. The number of anilines is 1. The van der Waals surface area contributed by atoms with Gasteiger partial charge < -0.3 is 14.8 Å². The first-order valence-corrected chi connectivity index (χ1v) is 9.09. The smallest absolute Gasteiger partial charge is 0.243 e. The summed E-state index contributed by atoms with van der Waals surface area (Å²) in [5.41, 5.74) is 3.54. The van der Waals surface area contributed by atoms with Crippen molar-refractivity contribution in [1.82, 2.24) is 20.2 Å². The van der Waals surface area contributed by atoms with Gasteiger partial charge in [0.1, 0.15) is 0 Å². The van der Waals surface area contributed by atoms with E-state index >= 15 is 0 Å². The van der Waals surface area contributed by atoms with Gasteiger partial charge in [-0.2, -0.15) is 0 Å². The lowest BCUT2D eigenvalue weighted by atomic mass is 9.92. The Labute approximate surface area is 158 Å². The molecule has 0 unspecified atom stereocenters. The molecular formula is C20H23N5O2. The number of aromatic nitrogens is 4. The summed E-state index contributed by atoms with van der Waals surface area (Å²) in [7, 11) is 3.30. The van der Waals surface area contributed by atoms with Crippen molar-refractivity contribution < 1.29 is 9.47 Å². The minimum absolute atomic E-state index is 0.0582. The number of ether oxygens (including phenoxy) is 2. The van der Waals surface area contributed by atoms with E-state index in [-0.39, 0.29) is 12.1 Å². The van der Waals surface area contributed by atoms with Gasteiger partial charge in [0.15, 0.2) is 11.5 Å². The number of fused-ring (bicyclic) bond motifs is 1. The lowest BCUT2D eigenvalue weighted by Gasteiger charge is -2.32. The standard InChI is InChI=1S/C20H23N5O2/c1-4-13-8-10-14(11-9-13)16-12-17(25-20(21-16)22-23-24-25)15-6-5-7-18(26-2)19(15)27-3/h5-11,16-17H,4,12H2,1-3H3,(H,21,22,24)/t16-,17+/m0/s1. The Kier molecular flexibility index (Phi) is 4.66. The van der Waals surface area contributed by atoms with Crippen molar-refractivity contribution in [3.8, 4) is 11.5 Å². The van der Waals surface area contributed by atoms with Crippen LogP contribution in [-0.4, -0.2) is 34.4 Å². The first-order valence-electron chi connectivity index (χ1n) is 9.09. The summed E-state index contributed by atoms with van der Waals surface area (Å²) in [5.74, 6) is 2.07. The molecule has 1 aliphatic heterocycles. The van der Waals surface area contributed by atoms with E-state index in [1.807, 2.05) is 22.9 Å². The molecule has 2 heterocycles. The van der Waals surface area contributed by atoms with Crippen LogP contribution >= 0.6 is 0 Å². The number of rotatable bonds is 5. The molecule has 0 spiro atoms. The van der Waals surface area contributed by atoms with Gasteiger partial charge in [-0.1, -0.05) is 48.4 Å². The molecule has 2 atom stereocenters. The van der Waals surface area contributed by atoms with E-state index in [0.29, 0.717) is 17.4 Å². The zero-order valence-corrected chi connectivity index (χ0v) is 15.7. The molecule has 27 heavy (non-hydrogen) atoms. The Hall–Kier alpha value is -3.09. The average Bonchev–Trinajstić information content (AvgIpc) is 3.21. The number of tetrazole rings is 1. The molecule has 0 radical (unpaired) electrons. The summed E-state index contributed by atoms with van der Waals surface area (Å²) < 4.78 is 12.9. The third-order valence-electron chi connectivity index (χ3n) is 5.13. The van der Waals surface area contributed by atoms with Crippen LogP contribution in [0.2, 0.25) is 0 Å². The molecule has 2 aromatic carbocycles. The predicted octanol–water partition coefficient (Wildman–Crippen LogP) is 3.40. The third-order valence-corrected chi connectivity index (χ3v) is 5.13. The van der Waals surface area contributed by atoms with E-state index in [0.717, 1.165) is 18.4 Å². The minimum atomic E-state index is -0.0582. The number of para-hydroxylation sites is 1. The molecule has 0 bridgehead atoms. The molecular weight excluding hydrogens is 342 g/mol. The zero-order chi connectivity index (χ0) is 18.8. The van der Waals surface area contributed by atoms with Crippen LogP contribution in [-0.2, 0) is 6.42 Å². The van der Waals surface area contributed by atoms with Gasteiger partial charge in [-0.25, -0.2) is 4.68 Å². The molecule has 7 heteroatoms. The lowest BCUT2D eigenvalue weighted by Crippen LogP contribution is -2.28. The SMILES string of the molecule is CCc1ccc([C@@H]2C[C@H](c3cccc(OC)c3OC)n3nnnc3N2)cc1. The number of benzene rings is 2. The molecule has 1 N–H and O–H groups in total. The molecule has 1 aromatic heterocycles. The van der Waals surface area contributed by atoms with E-state index in [2.05, 4.69) is 52.0 Å². The van der Waals surface area contributed by atoms with Crippen molar-refractivity contribution in [1.29, 1.82) is 0 Å². The summed E-state index contributed by atoms with van der Waals surface area (Å²) in [6.45, 7) is 2.16. The number of nitrogens with one attached hydrogen (secondary N) is 1. The number of nitrogens with zero attached hydrogens (tertiary/aromatic N) is 4. The van der Waals surface area contributed by atoms with Gasteiger partial charge in [0.25, 0.3) is 0 Å². The molecule has 0 fully saturated rings. The molecule has 140 valence electrons. The molecule has 0 amide bonds. The van der Waals surface area contributed by atoms with Crippen LogP contribution in [0.15, 0.2) is 42.5 Å². The van der Waals surface area contributed by atoms with Gasteiger partial charge in [-0.3, -0.25) is 0 Å². The maximum atomic E-state index is 5.66. The van der Waals surface area contributed by atoms with Gasteiger partial charge >= 0.3 is 0 Å². The molecule has 0 aliphatic carbocycles. The quantitative estimate of drug-likeness (QED) is 0.747. The summed E-state index contributed by atoms with van der Waals surface area (Å²) in [4.78, 5) is 0. The van der Waals surface area contributed by atoms with Gasteiger partial charge in [0.05, 0.1) is 26.3 Å². The summed E-state index contributed by atoms with van der Waals surface area (Å²) in [6.07, 6.45) is 1.83. The van der Waals surface area contributed by atoms with Crippen molar-refractivity contribution in [3.63, 3.8) is 0 Å². The van der Waals surface area contributed by atoms with Crippen LogP contribution in [0.3, 0.4) is 0 Å². The zero-order valence-electron chi connectivity index (χ0n) is 15.7. The number of aryl methyl sites for hydroxylation is 1. The Morgan fingerprint density at radius 2 is 1.93 bits per heavy atom. The largest absolute Gasteiger partial charge is 0.493 e. The van der Waals surface area contributed by atoms with Gasteiger partial charge in [0, 0.05) is 5.56 Å². The second kappa shape index (κ2) is 7.26. The summed E-state index contributed by atoms with van der Waals surface area (Å²) >= 11 is 0. The van der Waals surface area contributed by atoms with E-state index in [1.165, 1.54) is 11.1 Å². The van der Waals surface area contributed by atoms with Crippen molar-refractivity contribution in [2.45, 2.75) is 31.8 Å². The predicted molar refractivity (Wildman–Crippen MR) is 102 cm³/mol. The lowest BCUT2D eigenvalue weighted by molar-refractivity contribution is 0.339. The molecule has 0 saturated heterocycles. The van der Waals surface area contributed by atoms with Gasteiger partial charge in [-0.05, 0) is 40.5 Å². The highest BCUT2D eigenvalue weighted by molar-refractivity contribution is 5.50. The fourth-order valence-electron chi connectivity index (χ4n) is 3.67. The fourth-order valence-corrected chi connectivity index (χ4v) is 3.67. The molecule has 4 rings (SSSR count). The fraction of sp³-hybridized carbons (Fsp3) is 0.350. The normalized spacial score (nSPS) is 18.5. The van der Waals surface area contributed by atoms with Crippen LogP contribution in [0.5, 0.6) is 11.5 Å². The monoisotopic (exact) mass is 365 g/mol. The van der Waals surface area contributed by atoms with Crippen molar-refractivity contribution in [2.75, 3.05) is 19.5 Å². The van der Waals surface area contributed by atoms with E-state index in [4.69, 9.17) is 9.47 Å². The molecule has 0 saturated carbocycles. The van der Waals surface area contributed by atoms with Crippen LogP contribution < -0.4 is 14.8 Å². The molecule has 3 aromatic rings. The molecule has 7 nitrogen and oxygen atoms in total. The summed E-state index contributed by atoms with van der Waals surface area (Å²) in [5, 5.41) is 15.7. The Bertz CT molecular complexity index is 922. The van der Waals surface area contributed by atoms with E-state index in [9.17, 15) is 0 Å². The highest BCUT2D eigenvalue weighted by atomic mass is 16.5. The van der Waals surface area contributed by atoms with Crippen LogP contribution in [0.1, 0.15) is 42.1 Å². The average molecular weight is 365 g/mol. The Balaban J connectivity index is 1.75. The maximum absolute atomic E-state index is 5.66. The first kappa shape index (κ1) is 17.3. The van der Waals surface area contributed by atoms with E-state index < -0.39 is 0 Å². The number of methoxy groups -OCH3 is 2. The van der Waals surface area contributed by atoms with Gasteiger partial charge in [0.2, 0.25) is 5.95 Å². The first-order chi connectivity index (χ1) is 13.2. The highest BCUT2D eigenvalue weighted by Crippen LogP contribution is 2.43. The van der Waals surface area contributed by atoms with Crippen LogP contribution in [0.4, 0.5) is 5.95 Å². The number of hydrogen-bond donors (Lipinski definition) is 1. The minimum Gasteiger partial charge on any atom is -0.493 e. The summed E-state index contributed by atoms with van der Waals surface area (Å²) in [6, 6.07) is 14.7. The molecule has 1 aliphatic rings. The highest BCUT2D eigenvalue weighted by Gasteiger charge is 2.33. The third kappa shape index (κ3) is 3.09. The van der Waals surface area contributed by atoms with Crippen LogP contribution in [0.25, 0.3) is 0 Å². The Morgan fingerprint density at radius 3 is 2.63 bits per heavy atom. The van der Waals surface area contributed by atoms with Gasteiger partial charge in [-0.15, -0.1) is 0 Å². The topological polar surface area (TPSA) is 74.1 Å². The van der Waals surface area contributed by atoms with E-state index in [1.54, 1.807) is 14.2 Å². The second-order valence-corrected chi connectivity index (χ2v) is 6.57. The van der Waals surface area contributed by atoms with Crippen LogP contribution in [0, 0.1) is 0 Å². The number of hydrogen-bond acceptors (Lipinski definition) is 6. The van der Waals surface area contributed by atoms with Crippen molar-refractivity contribution in [3.05, 3.63) is 59.2 Å².